The molecule has 0 aliphatic heterocycles. The fourth-order valence-corrected chi connectivity index (χ4v) is 2.63. The third kappa shape index (κ3) is 2.40. The summed E-state index contributed by atoms with van der Waals surface area (Å²) in [6.45, 7) is 1.76. The second kappa shape index (κ2) is 4.61. The third-order valence-electron chi connectivity index (χ3n) is 2.35. The number of nitrogens with two attached hydrogens (primary N) is 1. The van der Waals surface area contributed by atoms with Gasteiger partial charge in [0.1, 0.15) is 10.7 Å². The molecule has 0 aliphatic carbocycles. The minimum Gasteiger partial charge on any atom is -0.383 e. The van der Waals surface area contributed by atoms with Crippen molar-refractivity contribution in [1.29, 1.82) is 0 Å². The summed E-state index contributed by atoms with van der Waals surface area (Å²) in [4.78, 5) is 7.61. The van der Waals surface area contributed by atoms with Gasteiger partial charge in [-0.05, 0) is 30.7 Å². The molecule has 0 bridgehead atoms. The van der Waals surface area contributed by atoms with Gasteiger partial charge in [-0.3, -0.25) is 9.71 Å². The summed E-state index contributed by atoms with van der Waals surface area (Å²) >= 11 is 0. The molecule has 7 heteroatoms. The summed E-state index contributed by atoms with van der Waals surface area (Å²) in [5.41, 5.74) is 6.75. The molecule has 0 unspecified atom stereocenters. The molecular formula is C11H12N4O2S. The van der Waals surface area contributed by atoms with Gasteiger partial charge in [-0.15, -0.1) is 0 Å². The van der Waals surface area contributed by atoms with Crippen molar-refractivity contribution >= 4 is 21.5 Å². The molecule has 0 spiro atoms. The monoisotopic (exact) mass is 264 g/mol. The van der Waals surface area contributed by atoms with Gasteiger partial charge >= 0.3 is 0 Å². The number of nitrogens with zero attached hydrogens (tertiary/aromatic N) is 2. The highest BCUT2D eigenvalue weighted by molar-refractivity contribution is 7.92. The molecule has 2 aromatic heterocycles. The van der Waals surface area contributed by atoms with Gasteiger partial charge in [-0.25, -0.2) is 13.4 Å². The first-order valence-electron chi connectivity index (χ1n) is 5.14. The Kier molecular flexibility index (Phi) is 3.15. The lowest BCUT2D eigenvalue weighted by Crippen LogP contribution is -2.16. The van der Waals surface area contributed by atoms with E-state index in [4.69, 9.17) is 5.73 Å². The number of anilines is 2. The van der Waals surface area contributed by atoms with Crippen LogP contribution in [0.2, 0.25) is 0 Å². The first kappa shape index (κ1) is 12.3. The van der Waals surface area contributed by atoms with Crippen LogP contribution in [0.25, 0.3) is 0 Å². The van der Waals surface area contributed by atoms with Crippen LogP contribution >= 0.6 is 0 Å². The minimum atomic E-state index is -3.73. The van der Waals surface area contributed by atoms with Gasteiger partial charge < -0.3 is 5.73 Å². The van der Waals surface area contributed by atoms with E-state index >= 15 is 0 Å². The number of sulfonamides is 1. The average molecular weight is 264 g/mol. The Balaban J connectivity index is 2.40. The summed E-state index contributed by atoms with van der Waals surface area (Å²) in [5, 5.41) is 0. The van der Waals surface area contributed by atoms with Gasteiger partial charge in [0, 0.05) is 18.6 Å². The fourth-order valence-electron chi connectivity index (χ4n) is 1.42. The van der Waals surface area contributed by atoms with Crippen LogP contribution in [-0.4, -0.2) is 18.4 Å². The van der Waals surface area contributed by atoms with Crippen LogP contribution in [0, 0.1) is 6.92 Å². The number of nitrogen functional groups attached to an aromatic ring is 1. The SMILES string of the molecule is Cc1cnccc1NS(=O)(=O)c1cccnc1N. The van der Waals surface area contributed by atoms with E-state index in [2.05, 4.69) is 14.7 Å². The number of aromatic nitrogens is 2. The number of hydrogen-bond acceptors (Lipinski definition) is 5. The van der Waals surface area contributed by atoms with Crippen molar-refractivity contribution in [2.75, 3.05) is 10.5 Å². The maximum atomic E-state index is 12.1. The summed E-state index contributed by atoms with van der Waals surface area (Å²) in [7, 11) is -3.73. The maximum Gasteiger partial charge on any atom is 0.265 e. The second-order valence-electron chi connectivity index (χ2n) is 3.68. The Morgan fingerprint density at radius 1 is 1.28 bits per heavy atom. The Hall–Kier alpha value is -2.15. The van der Waals surface area contributed by atoms with E-state index in [0.717, 1.165) is 5.56 Å². The van der Waals surface area contributed by atoms with E-state index in [0.29, 0.717) is 5.69 Å². The lowest BCUT2D eigenvalue weighted by atomic mass is 10.3. The predicted octanol–water partition coefficient (Wildman–Crippen LogP) is 1.17. The number of nitrogens with one attached hydrogen (secondary N) is 1. The molecule has 0 radical (unpaired) electrons. The van der Waals surface area contributed by atoms with Crippen LogP contribution in [0.3, 0.4) is 0 Å². The van der Waals surface area contributed by atoms with Crippen LogP contribution in [0.5, 0.6) is 0 Å². The molecule has 0 aromatic carbocycles. The van der Waals surface area contributed by atoms with Crippen molar-refractivity contribution in [1.82, 2.24) is 9.97 Å². The van der Waals surface area contributed by atoms with Crippen molar-refractivity contribution in [3.8, 4) is 0 Å². The molecular weight excluding hydrogens is 252 g/mol. The van der Waals surface area contributed by atoms with E-state index in [1.165, 1.54) is 24.5 Å². The highest BCUT2D eigenvalue weighted by atomic mass is 32.2. The van der Waals surface area contributed by atoms with E-state index < -0.39 is 10.0 Å². The first-order chi connectivity index (χ1) is 8.50. The zero-order chi connectivity index (χ0) is 13.2. The third-order valence-corrected chi connectivity index (χ3v) is 3.77. The largest absolute Gasteiger partial charge is 0.383 e. The quantitative estimate of drug-likeness (QED) is 0.867. The van der Waals surface area contributed by atoms with E-state index in [1.807, 2.05) is 0 Å². The molecule has 0 atom stereocenters. The standard InChI is InChI=1S/C11H12N4O2S/c1-8-7-13-6-4-9(8)15-18(16,17)10-3-2-5-14-11(10)12/h2-7H,1H3,(H2,12,14)(H,13,15). The van der Waals surface area contributed by atoms with Crippen LogP contribution in [0.15, 0.2) is 41.7 Å². The molecule has 0 saturated heterocycles. The zero-order valence-corrected chi connectivity index (χ0v) is 10.5. The Labute approximate surface area is 105 Å². The molecule has 3 N–H and O–H groups in total. The van der Waals surface area contributed by atoms with Crippen LogP contribution in [-0.2, 0) is 10.0 Å². The van der Waals surface area contributed by atoms with Gasteiger partial charge in [0.25, 0.3) is 10.0 Å². The molecule has 0 saturated carbocycles. The number of aryl methyl sites for hydroxylation is 1. The lowest BCUT2D eigenvalue weighted by molar-refractivity contribution is 0.601. The minimum absolute atomic E-state index is 0.0308. The van der Waals surface area contributed by atoms with Crippen LogP contribution in [0.1, 0.15) is 5.56 Å². The van der Waals surface area contributed by atoms with Gasteiger partial charge in [0.2, 0.25) is 0 Å². The Bertz CT molecular complexity index is 670. The smallest absolute Gasteiger partial charge is 0.265 e. The summed E-state index contributed by atoms with van der Waals surface area (Å²) in [5.74, 6) is -0.0308. The molecule has 2 rings (SSSR count). The van der Waals surface area contributed by atoms with Gasteiger partial charge in [-0.2, -0.15) is 0 Å². The molecule has 6 nitrogen and oxygen atoms in total. The van der Waals surface area contributed by atoms with Crippen molar-refractivity contribution in [3.63, 3.8) is 0 Å². The molecule has 2 heterocycles. The number of rotatable bonds is 3. The summed E-state index contributed by atoms with van der Waals surface area (Å²) < 4.78 is 26.7. The summed E-state index contributed by atoms with van der Waals surface area (Å²) in [6.07, 6.45) is 4.52. The number of hydrogen-bond donors (Lipinski definition) is 2. The van der Waals surface area contributed by atoms with E-state index in [1.54, 1.807) is 19.2 Å². The molecule has 0 fully saturated rings. The lowest BCUT2D eigenvalue weighted by Gasteiger charge is -2.10. The van der Waals surface area contributed by atoms with Crippen LogP contribution < -0.4 is 10.5 Å². The molecule has 0 amide bonds. The molecule has 18 heavy (non-hydrogen) atoms. The van der Waals surface area contributed by atoms with Crippen molar-refractivity contribution in [2.24, 2.45) is 0 Å². The fraction of sp³-hybridized carbons (Fsp3) is 0.0909. The van der Waals surface area contributed by atoms with E-state index in [-0.39, 0.29) is 10.7 Å². The average Bonchev–Trinajstić information content (AvgIpc) is 2.32. The normalized spacial score (nSPS) is 11.2. The predicted molar refractivity (Wildman–Crippen MR) is 68.4 cm³/mol. The zero-order valence-electron chi connectivity index (χ0n) is 9.66. The summed E-state index contributed by atoms with van der Waals surface area (Å²) in [6, 6.07) is 4.50. The van der Waals surface area contributed by atoms with Crippen molar-refractivity contribution in [2.45, 2.75) is 11.8 Å². The van der Waals surface area contributed by atoms with Gasteiger partial charge in [-0.1, -0.05) is 0 Å². The van der Waals surface area contributed by atoms with Gasteiger partial charge in [0.05, 0.1) is 5.69 Å². The van der Waals surface area contributed by atoms with Crippen molar-refractivity contribution < 1.29 is 8.42 Å². The van der Waals surface area contributed by atoms with E-state index in [9.17, 15) is 8.42 Å². The molecule has 2 aromatic rings. The first-order valence-corrected chi connectivity index (χ1v) is 6.63. The Morgan fingerprint density at radius 2 is 2.06 bits per heavy atom. The topological polar surface area (TPSA) is 98.0 Å². The second-order valence-corrected chi connectivity index (χ2v) is 5.33. The maximum absolute atomic E-state index is 12.1. The molecule has 0 aliphatic rings. The number of pyridine rings is 2. The molecule has 94 valence electrons. The Morgan fingerprint density at radius 3 is 2.72 bits per heavy atom. The highest BCUT2D eigenvalue weighted by Crippen LogP contribution is 2.20. The van der Waals surface area contributed by atoms with Gasteiger partial charge in [0.15, 0.2) is 0 Å². The van der Waals surface area contributed by atoms with Crippen LogP contribution in [0.4, 0.5) is 11.5 Å². The highest BCUT2D eigenvalue weighted by Gasteiger charge is 2.18. The van der Waals surface area contributed by atoms with Crippen molar-refractivity contribution in [3.05, 3.63) is 42.4 Å².